The molecule has 0 aliphatic carbocycles. The fraction of sp³-hybridized carbons (Fsp3) is 0.429. The van der Waals surface area contributed by atoms with Gasteiger partial charge in [0.2, 0.25) is 0 Å². The lowest BCUT2D eigenvalue weighted by molar-refractivity contribution is 0.423. The average Bonchev–Trinajstić information content (AvgIpc) is 2.71. The number of benzene rings is 1. The number of fused-ring (bicyclic) bond motifs is 1. The van der Waals surface area contributed by atoms with E-state index >= 15 is 0 Å². The lowest BCUT2D eigenvalue weighted by atomic mass is 10.0. The molecule has 1 heterocycles. The zero-order valence-corrected chi connectivity index (χ0v) is 11.4. The molecule has 2 atom stereocenters. The molecular formula is C14H19NOS. The third kappa shape index (κ3) is 2.67. The minimum absolute atomic E-state index is 0.0184. The second kappa shape index (κ2) is 5.15. The quantitative estimate of drug-likeness (QED) is 0.897. The van der Waals surface area contributed by atoms with E-state index in [0.29, 0.717) is 5.92 Å². The highest BCUT2D eigenvalue weighted by Crippen LogP contribution is 2.28. The molecule has 17 heavy (non-hydrogen) atoms. The molecule has 0 saturated heterocycles. The largest absolute Gasteiger partial charge is 0.459 e. The zero-order chi connectivity index (χ0) is 12.4. The molecular weight excluding hydrogens is 230 g/mol. The van der Waals surface area contributed by atoms with Crippen LogP contribution in [0.2, 0.25) is 0 Å². The number of aryl methyl sites for hydroxylation is 1. The predicted molar refractivity (Wildman–Crippen MR) is 75.4 cm³/mol. The van der Waals surface area contributed by atoms with E-state index in [1.807, 2.05) is 17.8 Å². The Balaban J connectivity index is 2.29. The maximum Gasteiger partial charge on any atom is 0.134 e. The van der Waals surface area contributed by atoms with Crippen LogP contribution in [0.25, 0.3) is 11.0 Å². The molecule has 2 aromatic rings. The maximum atomic E-state index is 6.22. The number of hydrogen-bond acceptors (Lipinski definition) is 3. The standard InChI is InChI=1S/C14H19NOS/c1-9-4-5-12-11(6-9)7-13(16-12)14(15)10(2)8-17-3/h4-7,10,14H,8,15H2,1-3H3. The van der Waals surface area contributed by atoms with Crippen molar-refractivity contribution in [2.75, 3.05) is 12.0 Å². The fourth-order valence-electron chi connectivity index (χ4n) is 1.99. The number of nitrogens with two attached hydrogens (primary N) is 1. The summed E-state index contributed by atoms with van der Waals surface area (Å²) in [5, 5.41) is 1.15. The van der Waals surface area contributed by atoms with Crippen molar-refractivity contribution in [1.82, 2.24) is 0 Å². The molecule has 0 amide bonds. The second-order valence-corrected chi connectivity index (χ2v) is 5.56. The number of hydrogen-bond donors (Lipinski definition) is 1. The van der Waals surface area contributed by atoms with Gasteiger partial charge in [-0.2, -0.15) is 11.8 Å². The maximum absolute atomic E-state index is 6.22. The predicted octanol–water partition coefficient (Wildman–Crippen LogP) is 3.74. The molecule has 1 aromatic heterocycles. The lowest BCUT2D eigenvalue weighted by Crippen LogP contribution is -2.20. The summed E-state index contributed by atoms with van der Waals surface area (Å²) in [6.07, 6.45) is 2.10. The van der Waals surface area contributed by atoms with Crippen LogP contribution in [0, 0.1) is 12.8 Å². The molecule has 0 aliphatic heterocycles. The third-order valence-electron chi connectivity index (χ3n) is 3.06. The Hall–Kier alpha value is -0.930. The van der Waals surface area contributed by atoms with E-state index in [2.05, 4.69) is 38.3 Å². The van der Waals surface area contributed by atoms with E-state index in [1.54, 1.807) is 0 Å². The average molecular weight is 249 g/mol. The molecule has 0 radical (unpaired) electrons. The molecule has 0 saturated carbocycles. The molecule has 2 N–H and O–H groups in total. The van der Waals surface area contributed by atoms with Crippen molar-refractivity contribution in [2.45, 2.75) is 19.9 Å². The fourth-order valence-corrected chi connectivity index (χ4v) is 2.73. The first kappa shape index (κ1) is 12.5. The van der Waals surface area contributed by atoms with Crippen molar-refractivity contribution in [3.05, 3.63) is 35.6 Å². The van der Waals surface area contributed by atoms with Gasteiger partial charge in [0.1, 0.15) is 11.3 Å². The van der Waals surface area contributed by atoms with Crippen LogP contribution in [0.5, 0.6) is 0 Å². The van der Waals surface area contributed by atoms with Gasteiger partial charge in [0.05, 0.1) is 6.04 Å². The highest BCUT2D eigenvalue weighted by atomic mass is 32.2. The first-order valence-corrected chi connectivity index (χ1v) is 7.26. The van der Waals surface area contributed by atoms with Crippen molar-refractivity contribution in [1.29, 1.82) is 0 Å². The van der Waals surface area contributed by atoms with Crippen LogP contribution in [0.1, 0.15) is 24.3 Å². The Kier molecular flexibility index (Phi) is 3.79. The van der Waals surface area contributed by atoms with Gasteiger partial charge in [-0.15, -0.1) is 0 Å². The molecule has 2 unspecified atom stereocenters. The topological polar surface area (TPSA) is 39.2 Å². The van der Waals surface area contributed by atoms with E-state index in [0.717, 1.165) is 22.5 Å². The van der Waals surface area contributed by atoms with Crippen LogP contribution >= 0.6 is 11.8 Å². The Morgan fingerprint density at radius 3 is 2.82 bits per heavy atom. The van der Waals surface area contributed by atoms with E-state index in [4.69, 9.17) is 10.2 Å². The molecule has 3 heteroatoms. The number of rotatable bonds is 4. The summed E-state index contributed by atoms with van der Waals surface area (Å²) in [5.74, 6) is 2.37. The number of thioether (sulfide) groups is 1. The summed E-state index contributed by atoms with van der Waals surface area (Å²) in [6, 6.07) is 8.26. The van der Waals surface area contributed by atoms with Crippen LogP contribution < -0.4 is 5.73 Å². The molecule has 0 aliphatic rings. The second-order valence-electron chi connectivity index (χ2n) is 4.65. The van der Waals surface area contributed by atoms with Crippen LogP contribution in [-0.2, 0) is 0 Å². The Morgan fingerprint density at radius 2 is 2.12 bits per heavy atom. The summed E-state index contributed by atoms with van der Waals surface area (Å²) < 4.78 is 5.82. The van der Waals surface area contributed by atoms with E-state index < -0.39 is 0 Å². The first-order chi connectivity index (χ1) is 8.11. The van der Waals surface area contributed by atoms with Crippen LogP contribution in [0.15, 0.2) is 28.7 Å². The van der Waals surface area contributed by atoms with Gasteiger partial charge >= 0.3 is 0 Å². The Morgan fingerprint density at radius 1 is 1.35 bits per heavy atom. The molecule has 1 aromatic carbocycles. The normalized spacial score (nSPS) is 15.1. The van der Waals surface area contributed by atoms with Crippen LogP contribution in [-0.4, -0.2) is 12.0 Å². The summed E-state index contributed by atoms with van der Waals surface area (Å²) in [6.45, 7) is 4.25. The van der Waals surface area contributed by atoms with Crippen molar-refractivity contribution in [3.63, 3.8) is 0 Å². The summed E-state index contributed by atoms with van der Waals surface area (Å²) in [7, 11) is 0. The van der Waals surface area contributed by atoms with Gasteiger partial charge in [-0.05, 0) is 43.0 Å². The van der Waals surface area contributed by atoms with Crippen LogP contribution in [0.4, 0.5) is 0 Å². The minimum Gasteiger partial charge on any atom is -0.459 e. The van der Waals surface area contributed by atoms with Gasteiger partial charge in [-0.1, -0.05) is 18.6 Å². The van der Waals surface area contributed by atoms with E-state index in [1.165, 1.54) is 5.56 Å². The van der Waals surface area contributed by atoms with Gasteiger partial charge in [0.15, 0.2) is 0 Å². The van der Waals surface area contributed by atoms with Gasteiger partial charge in [0, 0.05) is 5.39 Å². The Labute approximate surface area is 107 Å². The molecule has 0 bridgehead atoms. The molecule has 92 valence electrons. The van der Waals surface area contributed by atoms with Crippen molar-refractivity contribution >= 4 is 22.7 Å². The van der Waals surface area contributed by atoms with Crippen LogP contribution in [0.3, 0.4) is 0 Å². The number of furan rings is 1. The first-order valence-electron chi connectivity index (χ1n) is 5.86. The van der Waals surface area contributed by atoms with E-state index in [9.17, 15) is 0 Å². The Bertz CT molecular complexity index is 506. The van der Waals surface area contributed by atoms with Gasteiger partial charge in [-0.25, -0.2) is 0 Å². The molecule has 0 fully saturated rings. The van der Waals surface area contributed by atoms with Gasteiger partial charge in [0.25, 0.3) is 0 Å². The van der Waals surface area contributed by atoms with Crippen molar-refractivity contribution < 1.29 is 4.42 Å². The SMILES string of the molecule is CSCC(C)C(N)c1cc2cc(C)ccc2o1. The third-order valence-corrected chi connectivity index (χ3v) is 3.92. The van der Waals surface area contributed by atoms with Gasteiger partial charge < -0.3 is 10.2 Å². The van der Waals surface area contributed by atoms with Crippen molar-refractivity contribution in [2.24, 2.45) is 11.7 Å². The minimum atomic E-state index is -0.0184. The monoisotopic (exact) mass is 249 g/mol. The zero-order valence-electron chi connectivity index (χ0n) is 10.6. The smallest absolute Gasteiger partial charge is 0.134 e. The van der Waals surface area contributed by atoms with Crippen molar-refractivity contribution in [3.8, 4) is 0 Å². The van der Waals surface area contributed by atoms with Gasteiger partial charge in [-0.3, -0.25) is 0 Å². The molecule has 2 rings (SSSR count). The summed E-state index contributed by atoms with van der Waals surface area (Å²) in [4.78, 5) is 0. The molecule has 0 spiro atoms. The highest BCUT2D eigenvalue weighted by Gasteiger charge is 2.18. The molecule has 2 nitrogen and oxygen atoms in total. The summed E-state index contributed by atoms with van der Waals surface area (Å²) >= 11 is 1.82. The lowest BCUT2D eigenvalue weighted by Gasteiger charge is -2.16. The summed E-state index contributed by atoms with van der Waals surface area (Å²) in [5.41, 5.74) is 8.39. The van der Waals surface area contributed by atoms with E-state index in [-0.39, 0.29) is 6.04 Å². The highest BCUT2D eigenvalue weighted by molar-refractivity contribution is 7.98.